The molecule has 2 N–H and O–H groups in total. The Hall–Kier alpha value is -2.27. The van der Waals surface area contributed by atoms with Crippen LogP contribution in [-0.2, 0) is 10.0 Å². The molecule has 0 saturated carbocycles. The zero-order valence-electron chi connectivity index (χ0n) is 13.6. The van der Waals surface area contributed by atoms with Gasteiger partial charge in [0.1, 0.15) is 26.3 Å². The SMILES string of the molecule is Cc1ccc(N(C(=O)c2sccc2S(N)(=O)=O)c2onc(C)c2Cl)nc1. The minimum absolute atomic E-state index is 0.0562. The molecule has 0 atom stereocenters. The molecule has 0 fully saturated rings. The third-order valence-corrected chi connectivity index (χ3v) is 5.86. The van der Waals surface area contributed by atoms with Crippen molar-refractivity contribution in [3.8, 4) is 0 Å². The number of carbonyl (C=O) groups excluding carboxylic acids is 1. The van der Waals surface area contributed by atoms with Crippen molar-refractivity contribution in [3.05, 3.63) is 50.9 Å². The van der Waals surface area contributed by atoms with Crippen molar-refractivity contribution in [2.24, 2.45) is 5.14 Å². The van der Waals surface area contributed by atoms with Crippen LogP contribution in [0.1, 0.15) is 20.9 Å². The number of nitrogens with zero attached hydrogens (tertiary/aromatic N) is 3. The van der Waals surface area contributed by atoms with E-state index in [-0.39, 0.29) is 26.5 Å². The van der Waals surface area contributed by atoms with Crippen LogP contribution in [-0.4, -0.2) is 24.5 Å². The number of rotatable bonds is 4. The molecular formula is C15H13ClN4O4S2. The summed E-state index contributed by atoms with van der Waals surface area (Å²) in [7, 11) is -4.08. The number of carbonyl (C=O) groups is 1. The van der Waals surface area contributed by atoms with Crippen molar-refractivity contribution >= 4 is 50.6 Å². The molecule has 3 rings (SSSR count). The number of hydrogen-bond donors (Lipinski definition) is 1. The number of hydrogen-bond acceptors (Lipinski definition) is 7. The second kappa shape index (κ2) is 6.80. The summed E-state index contributed by atoms with van der Waals surface area (Å²) in [5.74, 6) is -0.551. The minimum atomic E-state index is -4.08. The van der Waals surface area contributed by atoms with Crippen LogP contribution in [0.5, 0.6) is 0 Å². The number of aryl methyl sites for hydroxylation is 2. The largest absolute Gasteiger partial charge is 0.336 e. The average Bonchev–Trinajstić information content (AvgIpc) is 3.19. The topological polar surface area (TPSA) is 119 Å². The summed E-state index contributed by atoms with van der Waals surface area (Å²) in [5.41, 5.74) is 1.26. The molecule has 3 aromatic rings. The van der Waals surface area contributed by atoms with Gasteiger partial charge in [0.2, 0.25) is 10.0 Å². The fraction of sp³-hybridized carbons (Fsp3) is 0.133. The van der Waals surface area contributed by atoms with Gasteiger partial charge in [0.15, 0.2) is 0 Å². The van der Waals surface area contributed by atoms with E-state index in [1.165, 1.54) is 11.4 Å². The van der Waals surface area contributed by atoms with Crippen molar-refractivity contribution < 1.29 is 17.7 Å². The van der Waals surface area contributed by atoms with Gasteiger partial charge in [0.05, 0.1) is 0 Å². The standard InChI is InChI=1S/C15H13ClN4O4S2/c1-8-3-4-11(18-7-8)20(15-12(16)9(2)19-24-15)14(21)13-10(5-6-25-13)26(17,22)23/h3-7H,1-2H3,(H2,17,22,23). The molecule has 8 nitrogen and oxygen atoms in total. The van der Waals surface area contributed by atoms with E-state index in [0.717, 1.165) is 21.8 Å². The van der Waals surface area contributed by atoms with Gasteiger partial charge in [-0.25, -0.2) is 23.4 Å². The normalized spacial score (nSPS) is 11.5. The molecule has 0 radical (unpaired) electrons. The zero-order chi connectivity index (χ0) is 19.1. The molecule has 3 aromatic heterocycles. The van der Waals surface area contributed by atoms with Crippen LogP contribution in [0.15, 0.2) is 39.2 Å². The van der Waals surface area contributed by atoms with Crippen LogP contribution in [0, 0.1) is 13.8 Å². The summed E-state index contributed by atoms with van der Waals surface area (Å²) >= 11 is 7.14. The van der Waals surface area contributed by atoms with Crippen LogP contribution in [0.4, 0.5) is 11.7 Å². The molecule has 1 amide bonds. The van der Waals surface area contributed by atoms with Crippen LogP contribution < -0.4 is 10.0 Å². The molecule has 0 aromatic carbocycles. The highest BCUT2D eigenvalue weighted by atomic mass is 35.5. The molecule has 0 saturated heterocycles. The number of sulfonamides is 1. The Bertz CT molecular complexity index is 1070. The van der Waals surface area contributed by atoms with Gasteiger partial charge in [0, 0.05) is 6.20 Å². The van der Waals surface area contributed by atoms with E-state index >= 15 is 0 Å². The van der Waals surface area contributed by atoms with Crippen LogP contribution in [0.2, 0.25) is 5.02 Å². The van der Waals surface area contributed by atoms with E-state index in [4.69, 9.17) is 21.3 Å². The van der Waals surface area contributed by atoms with E-state index in [9.17, 15) is 13.2 Å². The molecule has 0 aliphatic heterocycles. The predicted molar refractivity (Wildman–Crippen MR) is 97.4 cm³/mol. The van der Waals surface area contributed by atoms with E-state index in [0.29, 0.717) is 5.69 Å². The highest BCUT2D eigenvalue weighted by Crippen LogP contribution is 2.36. The van der Waals surface area contributed by atoms with Crippen LogP contribution in [0.25, 0.3) is 0 Å². The first-order chi connectivity index (χ1) is 12.2. The Morgan fingerprint density at radius 3 is 2.58 bits per heavy atom. The fourth-order valence-corrected chi connectivity index (χ4v) is 4.21. The lowest BCUT2D eigenvalue weighted by atomic mass is 10.3. The third-order valence-electron chi connectivity index (χ3n) is 3.44. The highest BCUT2D eigenvalue weighted by Gasteiger charge is 2.32. The fourth-order valence-electron chi connectivity index (χ4n) is 2.16. The van der Waals surface area contributed by atoms with Gasteiger partial charge in [-0.05, 0) is 36.9 Å². The molecule has 0 bridgehead atoms. The molecule has 0 unspecified atom stereocenters. The van der Waals surface area contributed by atoms with Gasteiger partial charge in [-0.3, -0.25) is 4.79 Å². The minimum Gasteiger partial charge on any atom is -0.336 e. The van der Waals surface area contributed by atoms with Gasteiger partial charge in [-0.2, -0.15) is 0 Å². The van der Waals surface area contributed by atoms with Crippen molar-refractivity contribution in [2.75, 3.05) is 4.90 Å². The molecule has 26 heavy (non-hydrogen) atoms. The average molecular weight is 413 g/mol. The first kappa shape index (κ1) is 18.5. The molecule has 0 spiro atoms. The molecular weight excluding hydrogens is 400 g/mol. The smallest absolute Gasteiger partial charge is 0.277 e. The number of anilines is 2. The Morgan fingerprint density at radius 1 is 1.31 bits per heavy atom. The number of pyridine rings is 1. The summed E-state index contributed by atoms with van der Waals surface area (Å²) in [6, 6.07) is 4.60. The van der Waals surface area contributed by atoms with E-state index in [2.05, 4.69) is 10.1 Å². The van der Waals surface area contributed by atoms with E-state index in [1.807, 2.05) is 6.92 Å². The number of primary sulfonamides is 1. The van der Waals surface area contributed by atoms with Gasteiger partial charge in [-0.1, -0.05) is 22.8 Å². The van der Waals surface area contributed by atoms with Crippen LogP contribution in [0.3, 0.4) is 0 Å². The van der Waals surface area contributed by atoms with Gasteiger partial charge in [-0.15, -0.1) is 11.3 Å². The monoisotopic (exact) mass is 412 g/mol. The van der Waals surface area contributed by atoms with Gasteiger partial charge in [0.25, 0.3) is 11.8 Å². The summed E-state index contributed by atoms with van der Waals surface area (Å²) in [6.07, 6.45) is 1.56. The molecule has 0 aliphatic rings. The van der Waals surface area contributed by atoms with E-state index < -0.39 is 15.9 Å². The lowest BCUT2D eigenvalue weighted by Crippen LogP contribution is -2.28. The lowest BCUT2D eigenvalue weighted by molar-refractivity contribution is 0.0994. The number of amides is 1. The maximum Gasteiger partial charge on any atom is 0.277 e. The predicted octanol–water partition coefficient (Wildman–Crippen LogP) is 3.03. The second-order valence-electron chi connectivity index (χ2n) is 5.38. The number of thiophene rings is 1. The third kappa shape index (κ3) is 3.36. The number of aromatic nitrogens is 2. The summed E-state index contributed by atoms with van der Waals surface area (Å²) < 4.78 is 28.7. The Labute approximate surface area is 158 Å². The molecule has 0 aliphatic carbocycles. The Balaban J connectivity index is 2.18. The van der Waals surface area contributed by atoms with Crippen molar-refractivity contribution in [1.82, 2.24) is 10.1 Å². The van der Waals surface area contributed by atoms with Crippen molar-refractivity contribution in [3.63, 3.8) is 0 Å². The molecule has 11 heteroatoms. The molecule has 136 valence electrons. The number of halogens is 1. The first-order valence-corrected chi connectivity index (χ1v) is 9.99. The van der Waals surface area contributed by atoms with Crippen molar-refractivity contribution in [2.45, 2.75) is 18.7 Å². The maximum atomic E-state index is 13.2. The first-order valence-electron chi connectivity index (χ1n) is 7.19. The van der Waals surface area contributed by atoms with Gasteiger partial charge < -0.3 is 4.52 Å². The summed E-state index contributed by atoms with van der Waals surface area (Å²) in [4.78, 5) is 18.1. The number of nitrogens with two attached hydrogens (primary N) is 1. The highest BCUT2D eigenvalue weighted by molar-refractivity contribution is 7.89. The van der Waals surface area contributed by atoms with Crippen LogP contribution >= 0.6 is 22.9 Å². The maximum absolute atomic E-state index is 13.2. The zero-order valence-corrected chi connectivity index (χ0v) is 16.0. The quantitative estimate of drug-likeness (QED) is 0.703. The Morgan fingerprint density at radius 2 is 2.04 bits per heavy atom. The molecule has 3 heterocycles. The van der Waals surface area contributed by atoms with Crippen molar-refractivity contribution in [1.29, 1.82) is 0 Å². The van der Waals surface area contributed by atoms with E-state index in [1.54, 1.807) is 25.3 Å². The Kier molecular flexibility index (Phi) is 4.84. The lowest BCUT2D eigenvalue weighted by Gasteiger charge is -2.18. The van der Waals surface area contributed by atoms with Gasteiger partial charge >= 0.3 is 0 Å². The summed E-state index contributed by atoms with van der Waals surface area (Å²) in [5, 5.41) is 10.5. The summed E-state index contributed by atoms with van der Waals surface area (Å²) in [6.45, 7) is 3.45. The second-order valence-corrected chi connectivity index (χ2v) is 8.20.